The van der Waals surface area contributed by atoms with Crippen LogP contribution in [-0.2, 0) is 23.9 Å². The molecule has 6 atom stereocenters. The molecule has 5 nitrogen and oxygen atoms in total. The standard InChI is InChI=1S/C25H32F2O5/c1-13(28)31-21-8-7-18-16-6-5-15-11-20(30)17(22(23(26)27)32-14(2)29)12-25(15,4)19(16)9-10-24(18,21)3/h11,16,18-19,21,23H,5-10,12H2,1-4H3/b22-17+. The molecule has 176 valence electrons. The van der Waals surface area contributed by atoms with E-state index in [1.54, 1.807) is 0 Å². The summed E-state index contributed by atoms with van der Waals surface area (Å²) in [6, 6.07) is 0. The Hall–Kier alpha value is -2.05. The summed E-state index contributed by atoms with van der Waals surface area (Å²) in [5, 5.41) is 0. The van der Waals surface area contributed by atoms with Crippen LogP contribution in [0.1, 0.15) is 72.6 Å². The molecule has 0 heterocycles. The van der Waals surface area contributed by atoms with Gasteiger partial charge in [-0.05, 0) is 74.2 Å². The molecule has 4 aliphatic rings. The fraction of sp³-hybridized carbons (Fsp3) is 0.720. The van der Waals surface area contributed by atoms with Crippen molar-refractivity contribution in [2.75, 3.05) is 0 Å². The molecule has 3 fully saturated rings. The second-order valence-electron chi connectivity index (χ2n) is 10.5. The van der Waals surface area contributed by atoms with Crippen LogP contribution in [0.4, 0.5) is 8.78 Å². The predicted octanol–water partition coefficient (Wildman–Crippen LogP) is 5.14. The van der Waals surface area contributed by atoms with Gasteiger partial charge in [0.25, 0.3) is 6.43 Å². The van der Waals surface area contributed by atoms with E-state index in [4.69, 9.17) is 9.47 Å². The summed E-state index contributed by atoms with van der Waals surface area (Å²) in [5.74, 6) is -1.33. The topological polar surface area (TPSA) is 69.7 Å². The van der Waals surface area contributed by atoms with Crippen molar-refractivity contribution in [1.82, 2.24) is 0 Å². The molecule has 0 N–H and O–H groups in total. The molecule has 32 heavy (non-hydrogen) atoms. The molecule has 0 aromatic heterocycles. The smallest absolute Gasteiger partial charge is 0.307 e. The SMILES string of the molecule is CC(=O)O/C(=C1\CC2(C)C(=CC1=O)CCC1C2CCC2(C)C(OC(C)=O)CCC12)C(F)F. The van der Waals surface area contributed by atoms with Crippen molar-refractivity contribution in [3.8, 4) is 0 Å². The third-order valence-corrected chi connectivity index (χ3v) is 8.85. The van der Waals surface area contributed by atoms with Gasteiger partial charge in [-0.2, -0.15) is 0 Å². The molecule has 0 spiro atoms. The predicted molar refractivity (Wildman–Crippen MR) is 112 cm³/mol. The molecule has 3 saturated carbocycles. The molecule has 0 radical (unpaired) electrons. The quantitative estimate of drug-likeness (QED) is 0.338. The van der Waals surface area contributed by atoms with E-state index in [1.165, 1.54) is 13.0 Å². The van der Waals surface area contributed by atoms with Crippen LogP contribution >= 0.6 is 0 Å². The lowest BCUT2D eigenvalue weighted by Gasteiger charge is -2.58. The summed E-state index contributed by atoms with van der Waals surface area (Å²) in [4.78, 5) is 35.8. The third-order valence-electron chi connectivity index (χ3n) is 8.85. The maximum Gasteiger partial charge on any atom is 0.307 e. The lowest BCUT2D eigenvalue weighted by atomic mass is 9.47. The zero-order chi connectivity index (χ0) is 23.4. The van der Waals surface area contributed by atoms with Crippen LogP contribution in [0.2, 0.25) is 0 Å². The van der Waals surface area contributed by atoms with E-state index in [0.717, 1.165) is 51.0 Å². The molecule has 4 rings (SSSR count). The first-order valence-electron chi connectivity index (χ1n) is 11.6. The van der Waals surface area contributed by atoms with E-state index in [1.807, 2.05) is 0 Å². The van der Waals surface area contributed by atoms with Gasteiger partial charge in [0.05, 0.1) is 0 Å². The average molecular weight is 451 g/mol. The van der Waals surface area contributed by atoms with Crippen LogP contribution in [-0.4, -0.2) is 30.3 Å². The van der Waals surface area contributed by atoms with Gasteiger partial charge in [0.1, 0.15) is 6.10 Å². The highest BCUT2D eigenvalue weighted by molar-refractivity contribution is 6.06. The monoisotopic (exact) mass is 450 g/mol. The molecule has 0 aromatic carbocycles. The van der Waals surface area contributed by atoms with Crippen LogP contribution in [0.3, 0.4) is 0 Å². The highest BCUT2D eigenvalue weighted by Gasteiger charge is 2.60. The number of allylic oxidation sites excluding steroid dienone is 3. The molecule has 0 aliphatic heterocycles. The number of fused-ring (bicyclic) bond motifs is 5. The van der Waals surface area contributed by atoms with Gasteiger partial charge >= 0.3 is 11.9 Å². The summed E-state index contributed by atoms with van der Waals surface area (Å²) in [7, 11) is 0. The second-order valence-corrected chi connectivity index (χ2v) is 10.5. The van der Waals surface area contributed by atoms with E-state index >= 15 is 0 Å². The Labute approximate surface area is 187 Å². The minimum Gasteiger partial charge on any atom is -0.462 e. The molecule has 0 amide bonds. The largest absolute Gasteiger partial charge is 0.462 e. The molecule has 0 saturated heterocycles. The van der Waals surface area contributed by atoms with Gasteiger partial charge in [-0.1, -0.05) is 19.4 Å². The van der Waals surface area contributed by atoms with Gasteiger partial charge in [0.15, 0.2) is 11.5 Å². The minimum atomic E-state index is -3.02. The van der Waals surface area contributed by atoms with Crippen molar-refractivity contribution in [1.29, 1.82) is 0 Å². The number of carbonyl (C=O) groups excluding carboxylic acids is 3. The molecular weight excluding hydrogens is 418 g/mol. The number of ketones is 1. The number of halogens is 2. The average Bonchev–Trinajstić information content (AvgIpc) is 3.02. The summed E-state index contributed by atoms with van der Waals surface area (Å²) < 4.78 is 37.9. The van der Waals surface area contributed by atoms with Crippen molar-refractivity contribution in [3.63, 3.8) is 0 Å². The molecular formula is C25H32F2O5. The Morgan fingerprint density at radius 2 is 1.78 bits per heavy atom. The number of hydrogen-bond donors (Lipinski definition) is 0. The zero-order valence-electron chi connectivity index (χ0n) is 19.2. The Bertz CT molecular complexity index is 906. The summed E-state index contributed by atoms with van der Waals surface area (Å²) in [6.45, 7) is 6.84. The molecule has 6 unspecified atom stereocenters. The first-order chi connectivity index (χ1) is 15.0. The number of alkyl halides is 2. The first-order valence-corrected chi connectivity index (χ1v) is 11.6. The second kappa shape index (κ2) is 8.07. The molecule has 4 aliphatic carbocycles. The Kier molecular flexibility index (Phi) is 5.83. The van der Waals surface area contributed by atoms with E-state index in [0.29, 0.717) is 11.8 Å². The number of rotatable bonds is 3. The Balaban J connectivity index is 1.68. The molecule has 0 aromatic rings. The lowest BCUT2D eigenvalue weighted by molar-refractivity contribution is -0.157. The fourth-order valence-corrected chi connectivity index (χ4v) is 7.46. The third kappa shape index (κ3) is 3.61. The summed E-state index contributed by atoms with van der Waals surface area (Å²) in [6.07, 6.45) is 3.94. The van der Waals surface area contributed by atoms with Crippen molar-refractivity contribution in [3.05, 3.63) is 23.0 Å². The van der Waals surface area contributed by atoms with Gasteiger partial charge in [-0.15, -0.1) is 0 Å². The van der Waals surface area contributed by atoms with E-state index in [2.05, 4.69) is 13.8 Å². The molecule has 7 heteroatoms. The Morgan fingerprint density at radius 3 is 2.41 bits per heavy atom. The fourth-order valence-electron chi connectivity index (χ4n) is 7.46. The van der Waals surface area contributed by atoms with Crippen molar-refractivity contribution in [2.45, 2.75) is 85.2 Å². The van der Waals surface area contributed by atoms with Crippen molar-refractivity contribution >= 4 is 17.7 Å². The summed E-state index contributed by atoms with van der Waals surface area (Å²) >= 11 is 0. The van der Waals surface area contributed by atoms with Gasteiger partial charge in [0.2, 0.25) is 0 Å². The van der Waals surface area contributed by atoms with E-state index in [9.17, 15) is 23.2 Å². The van der Waals surface area contributed by atoms with Crippen molar-refractivity contribution < 1.29 is 32.6 Å². The number of carbonyl (C=O) groups is 3. The molecule has 0 bridgehead atoms. The van der Waals surface area contributed by atoms with Crippen molar-refractivity contribution in [2.24, 2.45) is 28.6 Å². The van der Waals surface area contributed by atoms with E-state index < -0.39 is 29.4 Å². The van der Waals surface area contributed by atoms with Crippen LogP contribution < -0.4 is 0 Å². The minimum absolute atomic E-state index is 0.0698. The van der Waals surface area contributed by atoms with Crippen LogP contribution in [0.25, 0.3) is 0 Å². The first kappa shape index (κ1) is 23.1. The van der Waals surface area contributed by atoms with Crippen LogP contribution in [0.15, 0.2) is 23.0 Å². The summed E-state index contributed by atoms with van der Waals surface area (Å²) in [5.41, 5.74) is 0.467. The number of hydrogen-bond acceptors (Lipinski definition) is 5. The number of ether oxygens (including phenoxy) is 2. The van der Waals surface area contributed by atoms with Gasteiger partial charge in [-0.3, -0.25) is 14.4 Å². The lowest BCUT2D eigenvalue weighted by Crippen LogP contribution is -2.52. The highest BCUT2D eigenvalue weighted by Crippen LogP contribution is 2.66. The highest BCUT2D eigenvalue weighted by atomic mass is 19.3. The maximum atomic E-state index is 13.7. The van der Waals surface area contributed by atoms with Gasteiger partial charge < -0.3 is 9.47 Å². The maximum absolute atomic E-state index is 13.7. The van der Waals surface area contributed by atoms with E-state index in [-0.39, 0.29) is 35.4 Å². The van der Waals surface area contributed by atoms with Gasteiger partial charge in [0, 0.05) is 24.8 Å². The van der Waals surface area contributed by atoms with Gasteiger partial charge in [-0.25, -0.2) is 8.78 Å². The zero-order valence-corrected chi connectivity index (χ0v) is 19.2. The van der Waals surface area contributed by atoms with Crippen LogP contribution in [0, 0.1) is 28.6 Å². The Morgan fingerprint density at radius 1 is 1.06 bits per heavy atom. The number of esters is 2. The van der Waals surface area contributed by atoms with Crippen LogP contribution in [0.5, 0.6) is 0 Å². The normalized spacial score (nSPS) is 40.1.